The van der Waals surface area contributed by atoms with Crippen LogP contribution >= 0.6 is 0 Å². The van der Waals surface area contributed by atoms with Gasteiger partial charge in [-0.05, 0) is 25.3 Å². The molecule has 3 fully saturated rings. The second-order valence-corrected chi connectivity index (χ2v) is 6.48. The van der Waals surface area contributed by atoms with Gasteiger partial charge in [0.2, 0.25) is 11.8 Å². The largest absolute Gasteiger partial charge is 0.380 e. The molecule has 3 rings (SSSR count). The fourth-order valence-electron chi connectivity index (χ4n) is 3.90. The number of carbonyl (C=O) groups is 2. The smallest absolute Gasteiger partial charge is 0.232 e. The average molecular weight is 295 g/mol. The van der Waals surface area contributed by atoms with Crippen LogP contribution in [0.3, 0.4) is 0 Å². The first-order chi connectivity index (χ1) is 10.1. The molecule has 1 N–H and O–H groups in total. The summed E-state index contributed by atoms with van der Waals surface area (Å²) in [6.07, 6.45) is 1.83. The van der Waals surface area contributed by atoms with E-state index in [1.54, 1.807) is 6.92 Å². The highest BCUT2D eigenvalue weighted by Gasteiger charge is 2.52. The summed E-state index contributed by atoms with van der Waals surface area (Å²) >= 11 is 0. The summed E-state index contributed by atoms with van der Waals surface area (Å²) in [5.41, 5.74) is -0.371. The van der Waals surface area contributed by atoms with Crippen LogP contribution in [0.5, 0.6) is 0 Å². The van der Waals surface area contributed by atoms with E-state index in [9.17, 15) is 9.59 Å². The van der Waals surface area contributed by atoms with Crippen molar-refractivity contribution in [1.82, 2.24) is 15.1 Å². The number of nitrogens with zero attached hydrogens (tertiary/aromatic N) is 2. The molecule has 3 heterocycles. The minimum Gasteiger partial charge on any atom is -0.380 e. The molecule has 0 aliphatic carbocycles. The first-order valence-corrected chi connectivity index (χ1v) is 7.97. The number of fused-ring (bicyclic) bond motifs is 1. The number of nitrogens with one attached hydrogen (secondary N) is 1. The van der Waals surface area contributed by atoms with E-state index in [0.717, 1.165) is 45.6 Å². The Morgan fingerprint density at radius 3 is 2.76 bits per heavy atom. The van der Waals surface area contributed by atoms with Gasteiger partial charge in [0.05, 0.1) is 12.0 Å². The molecule has 3 aliphatic heterocycles. The fourth-order valence-corrected chi connectivity index (χ4v) is 3.90. The monoisotopic (exact) mass is 295 g/mol. The Balaban J connectivity index is 1.71. The molecular weight excluding hydrogens is 270 g/mol. The van der Waals surface area contributed by atoms with E-state index in [1.807, 2.05) is 9.80 Å². The van der Waals surface area contributed by atoms with Gasteiger partial charge in [-0.25, -0.2) is 0 Å². The Bertz CT molecular complexity index is 428. The molecule has 6 nitrogen and oxygen atoms in total. The summed E-state index contributed by atoms with van der Waals surface area (Å²) < 4.78 is 5.64. The molecule has 3 saturated heterocycles. The van der Waals surface area contributed by atoms with E-state index in [2.05, 4.69) is 5.32 Å². The predicted molar refractivity (Wildman–Crippen MR) is 77.7 cm³/mol. The zero-order valence-corrected chi connectivity index (χ0v) is 12.8. The summed E-state index contributed by atoms with van der Waals surface area (Å²) in [4.78, 5) is 28.4. The van der Waals surface area contributed by atoms with Crippen molar-refractivity contribution in [2.24, 2.45) is 11.3 Å². The molecule has 21 heavy (non-hydrogen) atoms. The number of rotatable bonds is 1. The van der Waals surface area contributed by atoms with Crippen LogP contribution in [0.4, 0.5) is 0 Å². The molecule has 0 aromatic rings. The molecule has 0 unspecified atom stereocenters. The van der Waals surface area contributed by atoms with Crippen LogP contribution in [0.1, 0.15) is 19.8 Å². The van der Waals surface area contributed by atoms with E-state index in [-0.39, 0.29) is 17.2 Å². The Morgan fingerprint density at radius 1 is 1.19 bits per heavy atom. The molecule has 0 spiro atoms. The SMILES string of the molecule is CC(=O)N1CCCN(C(=O)[C@]23CNC[C@H]2CCOC3)CC1. The van der Waals surface area contributed by atoms with E-state index in [0.29, 0.717) is 25.6 Å². The van der Waals surface area contributed by atoms with E-state index in [4.69, 9.17) is 4.74 Å². The number of hydrogen-bond acceptors (Lipinski definition) is 4. The summed E-state index contributed by atoms with van der Waals surface area (Å²) in [6.45, 7) is 7.34. The minimum atomic E-state index is -0.371. The summed E-state index contributed by atoms with van der Waals surface area (Å²) in [5.74, 6) is 0.720. The van der Waals surface area contributed by atoms with Crippen molar-refractivity contribution in [2.45, 2.75) is 19.8 Å². The van der Waals surface area contributed by atoms with Crippen LogP contribution in [0, 0.1) is 11.3 Å². The molecule has 2 atom stereocenters. The van der Waals surface area contributed by atoms with Gasteiger partial charge in [-0.3, -0.25) is 9.59 Å². The number of amides is 2. The maximum atomic E-state index is 13.1. The number of hydrogen-bond donors (Lipinski definition) is 1. The molecule has 2 amide bonds. The van der Waals surface area contributed by atoms with Crippen LogP contribution in [-0.4, -0.2) is 74.1 Å². The Morgan fingerprint density at radius 2 is 1.95 bits per heavy atom. The van der Waals surface area contributed by atoms with Crippen molar-refractivity contribution in [3.05, 3.63) is 0 Å². The van der Waals surface area contributed by atoms with Crippen LogP contribution in [-0.2, 0) is 14.3 Å². The van der Waals surface area contributed by atoms with Crippen LogP contribution in [0.2, 0.25) is 0 Å². The van der Waals surface area contributed by atoms with Crippen molar-refractivity contribution in [3.8, 4) is 0 Å². The quantitative estimate of drug-likeness (QED) is 0.721. The zero-order valence-electron chi connectivity index (χ0n) is 12.8. The topological polar surface area (TPSA) is 61.9 Å². The highest BCUT2D eigenvalue weighted by atomic mass is 16.5. The van der Waals surface area contributed by atoms with Gasteiger partial charge < -0.3 is 19.9 Å². The zero-order chi connectivity index (χ0) is 14.9. The van der Waals surface area contributed by atoms with E-state index < -0.39 is 0 Å². The third-order valence-electron chi connectivity index (χ3n) is 5.24. The van der Waals surface area contributed by atoms with Crippen molar-refractivity contribution in [2.75, 3.05) is 52.5 Å². The number of carbonyl (C=O) groups excluding carboxylic acids is 2. The highest BCUT2D eigenvalue weighted by Crippen LogP contribution is 2.39. The number of ether oxygens (including phenoxy) is 1. The van der Waals surface area contributed by atoms with Crippen LogP contribution in [0.15, 0.2) is 0 Å². The molecule has 0 radical (unpaired) electrons. The second-order valence-electron chi connectivity index (χ2n) is 6.48. The molecule has 6 heteroatoms. The standard InChI is InChI=1S/C15H25N3O3/c1-12(19)17-4-2-5-18(7-6-17)14(20)15-10-16-9-13(15)3-8-21-11-15/h13,16H,2-11H2,1H3/t13-,15+/m1/s1. The van der Waals surface area contributed by atoms with Crippen molar-refractivity contribution in [1.29, 1.82) is 0 Å². The molecule has 0 aromatic heterocycles. The normalized spacial score (nSPS) is 33.5. The maximum Gasteiger partial charge on any atom is 0.232 e. The molecule has 0 aromatic carbocycles. The van der Waals surface area contributed by atoms with Gasteiger partial charge in [-0.1, -0.05) is 0 Å². The molecule has 118 valence electrons. The molecule has 3 aliphatic rings. The Kier molecular flexibility index (Phi) is 4.17. The lowest BCUT2D eigenvalue weighted by molar-refractivity contribution is -0.152. The van der Waals surface area contributed by atoms with Gasteiger partial charge in [0, 0.05) is 46.3 Å². The Hall–Kier alpha value is -1.14. The first kappa shape index (κ1) is 14.8. The van der Waals surface area contributed by atoms with Gasteiger partial charge in [-0.2, -0.15) is 0 Å². The van der Waals surface area contributed by atoms with Gasteiger partial charge in [0.25, 0.3) is 0 Å². The van der Waals surface area contributed by atoms with Gasteiger partial charge in [0.15, 0.2) is 0 Å². The summed E-state index contributed by atoms with van der Waals surface area (Å²) in [6, 6.07) is 0. The highest BCUT2D eigenvalue weighted by molar-refractivity contribution is 5.84. The molecular formula is C15H25N3O3. The molecule has 0 saturated carbocycles. The van der Waals surface area contributed by atoms with Crippen LogP contribution < -0.4 is 5.32 Å². The van der Waals surface area contributed by atoms with Gasteiger partial charge in [-0.15, -0.1) is 0 Å². The lowest BCUT2D eigenvalue weighted by Crippen LogP contribution is -2.54. The van der Waals surface area contributed by atoms with Crippen LogP contribution in [0.25, 0.3) is 0 Å². The van der Waals surface area contributed by atoms with Crippen molar-refractivity contribution in [3.63, 3.8) is 0 Å². The fraction of sp³-hybridized carbons (Fsp3) is 0.867. The maximum absolute atomic E-state index is 13.1. The molecule has 0 bridgehead atoms. The lowest BCUT2D eigenvalue weighted by Gasteiger charge is -2.40. The average Bonchev–Trinajstić information content (AvgIpc) is 2.76. The van der Waals surface area contributed by atoms with Gasteiger partial charge in [0.1, 0.15) is 0 Å². The van der Waals surface area contributed by atoms with Crippen molar-refractivity contribution >= 4 is 11.8 Å². The minimum absolute atomic E-state index is 0.101. The lowest BCUT2D eigenvalue weighted by atomic mass is 9.74. The van der Waals surface area contributed by atoms with Gasteiger partial charge >= 0.3 is 0 Å². The van der Waals surface area contributed by atoms with E-state index in [1.165, 1.54) is 0 Å². The summed E-state index contributed by atoms with van der Waals surface area (Å²) in [5, 5.41) is 3.38. The third-order valence-corrected chi connectivity index (χ3v) is 5.24. The Labute approximate surface area is 125 Å². The summed E-state index contributed by atoms with van der Waals surface area (Å²) in [7, 11) is 0. The second kappa shape index (κ2) is 5.93. The first-order valence-electron chi connectivity index (χ1n) is 7.97. The predicted octanol–water partition coefficient (Wildman–Crippen LogP) is -0.307. The van der Waals surface area contributed by atoms with E-state index >= 15 is 0 Å². The van der Waals surface area contributed by atoms with Crippen molar-refractivity contribution < 1.29 is 14.3 Å². The third kappa shape index (κ3) is 2.66.